The van der Waals surface area contributed by atoms with Gasteiger partial charge >= 0.3 is 0 Å². The second kappa shape index (κ2) is 7.42. The quantitative estimate of drug-likeness (QED) is 0.809. The Morgan fingerprint density at radius 3 is 2.29 bits per heavy atom. The molecular formula is C21H22N4O3. The predicted octanol–water partition coefficient (Wildman–Crippen LogP) is 2.62. The van der Waals surface area contributed by atoms with Crippen LogP contribution >= 0.6 is 0 Å². The predicted molar refractivity (Wildman–Crippen MR) is 105 cm³/mol. The average molecular weight is 378 g/mol. The molecule has 144 valence electrons. The van der Waals surface area contributed by atoms with Gasteiger partial charge in [-0.15, -0.1) is 0 Å². The number of imide groups is 1. The number of aromatic nitrogens is 1. The molecule has 1 saturated heterocycles. The van der Waals surface area contributed by atoms with Crippen LogP contribution in [-0.4, -0.2) is 47.2 Å². The van der Waals surface area contributed by atoms with E-state index in [1.807, 2.05) is 19.1 Å². The van der Waals surface area contributed by atoms with Crippen molar-refractivity contribution in [3.05, 3.63) is 53.2 Å². The van der Waals surface area contributed by atoms with Crippen LogP contribution in [0.25, 0.3) is 0 Å². The summed E-state index contributed by atoms with van der Waals surface area (Å²) in [6, 6.07) is 10.5. The minimum Gasteiger partial charge on any atom is -0.357 e. The molecule has 2 aliphatic heterocycles. The molecule has 2 aliphatic rings. The Morgan fingerprint density at radius 2 is 1.68 bits per heavy atom. The van der Waals surface area contributed by atoms with Crippen LogP contribution in [0, 0.1) is 6.92 Å². The fraction of sp³-hybridized carbons (Fsp3) is 0.333. The molecule has 1 fully saturated rings. The smallest absolute Gasteiger partial charge is 0.261 e. The first-order valence-corrected chi connectivity index (χ1v) is 9.52. The molecule has 3 heterocycles. The summed E-state index contributed by atoms with van der Waals surface area (Å²) in [5.74, 6) is -0.0168. The van der Waals surface area contributed by atoms with Crippen LogP contribution in [-0.2, 0) is 4.79 Å². The van der Waals surface area contributed by atoms with E-state index in [0.29, 0.717) is 16.8 Å². The van der Waals surface area contributed by atoms with Crippen LogP contribution in [0.5, 0.6) is 0 Å². The Morgan fingerprint density at radius 1 is 1.04 bits per heavy atom. The van der Waals surface area contributed by atoms with Crippen molar-refractivity contribution in [2.45, 2.75) is 26.2 Å². The number of carbonyl (C=O) groups is 3. The van der Waals surface area contributed by atoms with Crippen molar-refractivity contribution in [3.8, 4) is 0 Å². The molecule has 0 spiro atoms. The number of nitrogens with one attached hydrogen (secondary N) is 1. The van der Waals surface area contributed by atoms with Gasteiger partial charge in [0.05, 0.1) is 22.5 Å². The van der Waals surface area contributed by atoms with Gasteiger partial charge in [0.15, 0.2) is 0 Å². The molecule has 1 N–H and O–H groups in total. The molecule has 7 heteroatoms. The van der Waals surface area contributed by atoms with Crippen LogP contribution in [0.4, 0.5) is 11.5 Å². The third-order valence-electron chi connectivity index (χ3n) is 5.22. The van der Waals surface area contributed by atoms with Crippen LogP contribution < -0.4 is 10.2 Å². The topological polar surface area (TPSA) is 82.6 Å². The highest BCUT2D eigenvalue weighted by Gasteiger charge is 2.34. The molecule has 28 heavy (non-hydrogen) atoms. The standard InChI is InChI=1S/C21H22N4O3/c1-14-17(8-9-18(22-14)24-11-4-5-12-24)23-19(26)10-13-25-20(27)15-6-2-3-7-16(15)21(25)28/h2-3,6-9H,4-5,10-13H2,1H3,(H,23,26). The summed E-state index contributed by atoms with van der Waals surface area (Å²) in [5, 5.41) is 2.83. The van der Waals surface area contributed by atoms with Gasteiger partial charge in [0.1, 0.15) is 5.82 Å². The maximum Gasteiger partial charge on any atom is 0.261 e. The molecule has 0 bridgehead atoms. The Kier molecular flexibility index (Phi) is 4.81. The van der Waals surface area contributed by atoms with E-state index in [9.17, 15) is 14.4 Å². The highest BCUT2D eigenvalue weighted by molar-refractivity contribution is 6.21. The Labute approximate surface area is 163 Å². The van der Waals surface area contributed by atoms with Gasteiger partial charge < -0.3 is 10.2 Å². The fourth-order valence-electron chi connectivity index (χ4n) is 3.67. The molecule has 0 unspecified atom stereocenters. The molecule has 0 atom stereocenters. The molecule has 0 saturated carbocycles. The molecule has 2 aromatic rings. The van der Waals surface area contributed by atoms with Crippen molar-refractivity contribution < 1.29 is 14.4 Å². The number of fused-ring (bicyclic) bond motifs is 1. The second-order valence-electron chi connectivity index (χ2n) is 7.10. The monoisotopic (exact) mass is 378 g/mol. The summed E-state index contributed by atoms with van der Waals surface area (Å²) < 4.78 is 0. The lowest BCUT2D eigenvalue weighted by atomic mass is 10.1. The molecule has 0 aliphatic carbocycles. The van der Waals surface area contributed by atoms with Gasteiger partial charge in [-0.05, 0) is 44.0 Å². The van der Waals surface area contributed by atoms with Crippen molar-refractivity contribution in [3.63, 3.8) is 0 Å². The summed E-state index contributed by atoms with van der Waals surface area (Å²) in [6.45, 7) is 3.94. The maximum absolute atomic E-state index is 12.4. The summed E-state index contributed by atoms with van der Waals surface area (Å²) in [4.78, 5) is 45.0. The molecule has 3 amide bonds. The minimum atomic E-state index is -0.346. The van der Waals surface area contributed by atoms with Gasteiger partial charge in [0.25, 0.3) is 11.8 Å². The zero-order valence-electron chi connectivity index (χ0n) is 15.8. The average Bonchev–Trinajstić information content (AvgIpc) is 3.31. The van der Waals surface area contributed by atoms with E-state index in [1.54, 1.807) is 24.3 Å². The van der Waals surface area contributed by atoms with Crippen molar-refractivity contribution in [1.82, 2.24) is 9.88 Å². The van der Waals surface area contributed by atoms with E-state index in [2.05, 4.69) is 15.2 Å². The van der Waals surface area contributed by atoms with E-state index in [-0.39, 0.29) is 30.7 Å². The fourth-order valence-corrected chi connectivity index (χ4v) is 3.67. The first kappa shape index (κ1) is 18.2. The molecule has 0 radical (unpaired) electrons. The minimum absolute atomic E-state index is 0.0405. The SMILES string of the molecule is Cc1nc(N2CCCC2)ccc1NC(=O)CCN1C(=O)c2ccccc2C1=O. The van der Waals surface area contributed by atoms with Crippen molar-refractivity contribution in [2.24, 2.45) is 0 Å². The van der Waals surface area contributed by atoms with E-state index < -0.39 is 0 Å². The van der Waals surface area contributed by atoms with Crippen LogP contribution in [0.3, 0.4) is 0 Å². The third kappa shape index (κ3) is 3.35. The second-order valence-corrected chi connectivity index (χ2v) is 7.10. The van der Waals surface area contributed by atoms with Gasteiger partial charge in [-0.25, -0.2) is 4.98 Å². The van der Waals surface area contributed by atoms with E-state index >= 15 is 0 Å². The van der Waals surface area contributed by atoms with Crippen LogP contribution in [0.15, 0.2) is 36.4 Å². The number of amides is 3. The van der Waals surface area contributed by atoms with Crippen molar-refractivity contribution in [2.75, 3.05) is 29.9 Å². The van der Waals surface area contributed by atoms with Crippen LogP contribution in [0.1, 0.15) is 45.7 Å². The Balaban J connectivity index is 1.36. The van der Waals surface area contributed by atoms with Crippen LogP contribution in [0.2, 0.25) is 0 Å². The number of rotatable bonds is 5. The van der Waals surface area contributed by atoms with E-state index in [0.717, 1.165) is 29.5 Å². The molecule has 4 rings (SSSR count). The zero-order chi connectivity index (χ0) is 19.7. The number of benzene rings is 1. The number of aryl methyl sites for hydroxylation is 1. The van der Waals surface area contributed by atoms with Gasteiger partial charge in [0, 0.05) is 26.1 Å². The highest BCUT2D eigenvalue weighted by Crippen LogP contribution is 2.24. The van der Waals surface area contributed by atoms with Gasteiger partial charge in [-0.1, -0.05) is 12.1 Å². The number of hydrogen-bond acceptors (Lipinski definition) is 5. The van der Waals surface area contributed by atoms with Crippen molar-refractivity contribution >= 4 is 29.2 Å². The summed E-state index contributed by atoms with van der Waals surface area (Å²) in [6.07, 6.45) is 2.40. The molecule has 1 aromatic carbocycles. The van der Waals surface area contributed by atoms with Crippen molar-refractivity contribution in [1.29, 1.82) is 0 Å². The molecular weight excluding hydrogens is 356 g/mol. The number of carbonyl (C=O) groups excluding carboxylic acids is 3. The lowest BCUT2D eigenvalue weighted by Crippen LogP contribution is -2.33. The molecule has 1 aromatic heterocycles. The normalized spacial score (nSPS) is 15.9. The number of anilines is 2. The number of hydrogen-bond donors (Lipinski definition) is 1. The lowest BCUT2D eigenvalue weighted by molar-refractivity contribution is -0.116. The van der Waals surface area contributed by atoms with Gasteiger partial charge in [0.2, 0.25) is 5.91 Å². The zero-order valence-corrected chi connectivity index (χ0v) is 15.8. The highest BCUT2D eigenvalue weighted by atomic mass is 16.2. The number of pyridine rings is 1. The number of nitrogens with zero attached hydrogens (tertiary/aromatic N) is 3. The van der Waals surface area contributed by atoms with E-state index in [1.165, 1.54) is 12.8 Å². The van der Waals surface area contributed by atoms with E-state index in [4.69, 9.17) is 0 Å². The summed E-state index contributed by atoms with van der Waals surface area (Å²) in [5.41, 5.74) is 2.18. The first-order chi connectivity index (χ1) is 13.5. The summed E-state index contributed by atoms with van der Waals surface area (Å²) in [7, 11) is 0. The lowest BCUT2D eigenvalue weighted by Gasteiger charge is -2.18. The maximum atomic E-state index is 12.4. The largest absolute Gasteiger partial charge is 0.357 e. The first-order valence-electron chi connectivity index (χ1n) is 9.52. The summed E-state index contributed by atoms with van der Waals surface area (Å²) >= 11 is 0. The Bertz CT molecular complexity index is 915. The van der Waals surface area contributed by atoms with Gasteiger partial charge in [-0.3, -0.25) is 19.3 Å². The molecule has 7 nitrogen and oxygen atoms in total. The Hall–Kier alpha value is -3.22. The third-order valence-corrected chi connectivity index (χ3v) is 5.22. The van der Waals surface area contributed by atoms with Gasteiger partial charge in [-0.2, -0.15) is 0 Å².